The van der Waals surface area contributed by atoms with Gasteiger partial charge in [-0.1, -0.05) is 19.8 Å². The molecule has 0 radical (unpaired) electrons. The number of carbonyl (C=O) groups is 2. The fourth-order valence-electron chi connectivity index (χ4n) is 3.87. The van der Waals surface area contributed by atoms with E-state index in [0.717, 1.165) is 6.54 Å². The second-order valence-electron chi connectivity index (χ2n) is 6.84. The number of nitrogens with zero attached hydrogens (tertiary/aromatic N) is 1. The lowest BCUT2D eigenvalue weighted by atomic mass is 9.95. The zero-order chi connectivity index (χ0) is 15.4. The molecule has 5 nitrogen and oxygen atoms in total. The number of aliphatic carboxylic acids is 1. The number of carboxylic acid groups (broad SMARTS) is 1. The van der Waals surface area contributed by atoms with Crippen molar-refractivity contribution in [2.45, 2.75) is 51.5 Å². The van der Waals surface area contributed by atoms with Gasteiger partial charge in [0.1, 0.15) is 0 Å². The van der Waals surface area contributed by atoms with Gasteiger partial charge in [0, 0.05) is 19.1 Å². The van der Waals surface area contributed by atoms with E-state index in [9.17, 15) is 14.7 Å². The first-order chi connectivity index (χ1) is 9.99. The van der Waals surface area contributed by atoms with Crippen LogP contribution in [0.1, 0.15) is 45.4 Å². The van der Waals surface area contributed by atoms with Crippen molar-refractivity contribution in [1.29, 1.82) is 0 Å². The van der Waals surface area contributed by atoms with Crippen molar-refractivity contribution in [1.82, 2.24) is 10.2 Å². The SMILES string of the molecule is CC1C[C@H](C(=O)NCCN(C)C2CCCC2)[C@H](C(=O)O)C1. The molecule has 0 aromatic heterocycles. The molecule has 5 heteroatoms. The van der Waals surface area contributed by atoms with E-state index < -0.39 is 11.9 Å². The summed E-state index contributed by atoms with van der Waals surface area (Å²) in [7, 11) is 2.11. The van der Waals surface area contributed by atoms with Gasteiger partial charge in [-0.2, -0.15) is 0 Å². The van der Waals surface area contributed by atoms with Crippen LogP contribution in [0.2, 0.25) is 0 Å². The molecule has 3 atom stereocenters. The number of likely N-dealkylation sites (N-methyl/N-ethyl adjacent to an activating group) is 1. The number of nitrogens with one attached hydrogen (secondary N) is 1. The molecule has 120 valence electrons. The van der Waals surface area contributed by atoms with Gasteiger partial charge in [-0.05, 0) is 38.6 Å². The van der Waals surface area contributed by atoms with E-state index in [-0.39, 0.29) is 11.8 Å². The van der Waals surface area contributed by atoms with Crippen LogP contribution in [0.15, 0.2) is 0 Å². The Balaban J connectivity index is 1.74. The van der Waals surface area contributed by atoms with Gasteiger partial charge < -0.3 is 15.3 Å². The third-order valence-electron chi connectivity index (χ3n) is 5.16. The predicted octanol–water partition coefficient (Wildman–Crippen LogP) is 1.72. The van der Waals surface area contributed by atoms with Crippen molar-refractivity contribution < 1.29 is 14.7 Å². The Labute approximate surface area is 127 Å². The Kier molecular flexibility index (Phi) is 5.62. The first-order valence-electron chi connectivity index (χ1n) is 8.19. The number of hydrogen-bond acceptors (Lipinski definition) is 3. The molecule has 0 aromatic carbocycles. The molecular formula is C16H28N2O3. The summed E-state index contributed by atoms with van der Waals surface area (Å²) < 4.78 is 0. The highest BCUT2D eigenvalue weighted by Crippen LogP contribution is 2.36. The van der Waals surface area contributed by atoms with E-state index in [1.165, 1.54) is 25.7 Å². The first-order valence-corrected chi connectivity index (χ1v) is 8.19. The Bertz CT molecular complexity index is 380. The molecule has 0 spiro atoms. The average Bonchev–Trinajstić information content (AvgIpc) is 3.07. The fourth-order valence-corrected chi connectivity index (χ4v) is 3.87. The van der Waals surface area contributed by atoms with Crippen LogP contribution in [0.4, 0.5) is 0 Å². The van der Waals surface area contributed by atoms with Crippen LogP contribution < -0.4 is 5.32 Å². The van der Waals surface area contributed by atoms with Crippen LogP contribution in [0.3, 0.4) is 0 Å². The quantitative estimate of drug-likeness (QED) is 0.783. The van der Waals surface area contributed by atoms with Crippen LogP contribution in [-0.2, 0) is 9.59 Å². The minimum atomic E-state index is -0.831. The molecule has 2 rings (SSSR count). The summed E-state index contributed by atoms with van der Waals surface area (Å²) in [6.45, 7) is 3.48. The summed E-state index contributed by atoms with van der Waals surface area (Å²) in [5.41, 5.74) is 0. The minimum Gasteiger partial charge on any atom is -0.481 e. The topological polar surface area (TPSA) is 69.6 Å². The average molecular weight is 296 g/mol. The van der Waals surface area contributed by atoms with Crippen molar-refractivity contribution in [2.24, 2.45) is 17.8 Å². The lowest BCUT2D eigenvalue weighted by Gasteiger charge is -2.24. The molecule has 1 amide bonds. The number of amides is 1. The van der Waals surface area contributed by atoms with Crippen LogP contribution in [0.25, 0.3) is 0 Å². The molecule has 21 heavy (non-hydrogen) atoms. The zero-order valence-electron chi connectivity index (χ0n) is 13.2. The third-order valence-corrected chi connectivity index (χ3v) is 5.16. The second-order valence-corrected chi connectivity index (χ2v) is 6.84. The Morgan fingerprint density at radius 2 is 1.81 bits per heavy atom. The van der Waals surface area contributed by atoms with E-state index in [2.05, 4.69) is 17.3 Å². The van der Waals surface area contributed by atoms with E-state index >= 15 is 0 Å². The molecule has 2 N–H and O–H groups in total. The summed E-state index contributed by atoms with van der Waals surface area (Å²) in [5, 5.41) is 12.2. The van der Waals surface area contributed by atoms with Crippen molar-refractivity contribution in [3.05, 3.63) is 0 Å². The minimum absolute atomic E-state index is 0.0772. The largest absolute Gasteiger partial charge is 0.481 e. The predicted molar refractivity (Wildman–Crippen MR) is 80.9 cm³/mol. The second kappa shape index (κ2) is 7.25. The number of rotatable bonds is 6. The van der Waals surface area contributed by atoms with Gasteiger partial charge in [0.2, 0.25) is 5.91 Å². The fraction of sp³-hybridized carbons (Fsp3) is 0.875. The molecule has 2 saturated carbocycles. The van der Waals surface area contributed by atoms with Gasteiger partial charge in [-0.3, -0.25) is 9.59 Å². The first kappa shape index (κ1) is 16.3. The van der Waals surface area contributed by atoms with Crippen LogP contribution in [-0.4, -0.2) is 48.1 Å². The smallest absolute Gasteiger partial charge is 0.307 e. The van der Waals surface area contributed by atoms with Gasteiger partial charge in [-0.25, -0.2) is 0 Å². The third kappa shape index (κ3) is 4.19. The van der Waals surface area contributed by atoms with Crippen LogP contribution >= 0.6 is 0 Å². The normalized spacial score (nSPS) is 30.0. The maximum atomic E-state index is 12.2. The van der Waals surface area contributed by atoms with E-state index in [0.29, 0.717) is 31.3 Å². The monoisotopic (exact) mass is 296 g/mol. The maximum Gasteiger partial charge on any atom is 0.307 e. The highest BCUT2D eigenvalue weighted by molar-refractivity contribution is 5.85. The molecule has 2 aliphatic rings. The van der Waals surface area contributed by atoms with Crippen molar-refractivity contribution >= 4 is 11.9 Å². The molecule has 0 aromatic rings. The van der Waals surface area contributed by atoms with Gasteiger partial charge in [-0.15, -0.1) is 0 Å². The summed E-state index contributed by atoms with van der Waals surface area (Å²) in [6, 6.07) is 0.653. The van der Waals surface area contributed by atoms with Crippen molar-refractivity contribution in [2.75, 3.05) is 20.1 Å². The van der Waals surface area contributed by atoms with E-state index in [1.54, 1.807) is 0 Å². The Morgan fingerprint density at radius 3 is 2.43 bits per heavy atom. The molecule has 0 saturated heterocycles. The lowest BCUT2D eigenvalue weighted by Crippen LogP contribution is -2.41. The highest BCUT2D eigenvalue weighted by atomic mass is 16.4. The zero-order valence-corrected chi connectivity index (χ0v) is 13.2. The molecule has 0 bridgehead atoms. The molecular weight excluding hydrogens is 268 g/mol. The maximum absolute atomic E-state index is 12.2. The number of hydrogen-bond donors (Lipinski definition) is 2. The van der Waals surface area contributed by atoms with Gasteiger partial charge >= 0.3 is 5.97 Å². The van der Waals surface area contributed by atoms with Gasteiger partial charge in [0.25, 0.3) is 0 Å². The summed E-state index contributed by atoms with van der Waals surface area (Å²) in [5.74, 6) is -1.45. The Morgan fingerprint density at radius 1 is 1.19 bits per heavy atom. The van der Waals surface area contributed by atoms with E-state index in [4.69, 9.17) is 0 Å². The summed E-state index contributed by atoms with van der Waals surface area (Å²) >= 11 is 0. The molecule has 1 unspecified atom stereocenters. The molecule has 0 aliphatic heterocycles. The van der Waals surface area contributed by atoms with Gasteiger partial charge in [0.05, 0.1) is 11.8 Å². The summed E-state index contributed by atoms with van der Waals surface area (Å²) in [6.07, 6.45) is 6.44. The lowest BCUT2D eigenvalue weighted by molar-refractivity contribution is -0.146. The molecule has 0 heterocycles. The standard InChI is InChI=1S/C16H28N2O3/c1-11-9-13(14(10-11)16(20)21)15(19)17-7-8-18(2)12-5-3-4-6-12/h11-14H,3-10H2,1-2H3,(H,17,19)(H,20,21)/t11?,13-,14+/m0/s1. The number of carboxylic acids is 1. The van der Waals surface area contributed by atoms with E-state index in [1.807, 2.05) is 6.92 Å². The van der Waals surface area contributed by atoms with Crippen LogP contribution in [0, 0.1) is 17.8 Å². The number of carbonyl (C=O) groups excluding carboxylic acids is 1. The van der Waals surface area contributed by atoms with Gasteiger partial charge in [0.15, 0.2) is 0 Å². The highest BCUT2D eigenvalue weighted by Gasteiger charge is 2.41. The molecule has 2 aliphatic carbocycles. The Hall–Kier alpha value is -1.10. The van der Waals surface area contributed by atoms with Crippen molar-refractivity contribution in [3.8, 4) is 0 Å². The molecule has 2 fully saturated rings. The van der Waals surface area contributed by atoms with Crippen LogP contribution in [0.5, 0.6) is 0 Å². The van der Waals surface area contributed by atoms with Crippen molar-refractivity contribution in [3.63, 3.8) is 0 Å². The summed E-state index contributed by atoms with van der Waals surface area (Å²) in [4.78, 5) is 25.8.